The number of fused-ring (bicyclic) bond motifs is 1. The standard InChI is InChI=1S/C29H23Cl3N2O3/c1-29(2)15-24(33-27(36)20-5-3-4-6-25(20)35)22-14-21(16-7-9-17(30)10-8-16)26(34-28(22)37-29)19-12-11-18(31)13-23(19)32/h3-14,24,35H,15H2,1-2H3,(H,33,36)/t24-/m1/s1. The van der Waals surface area contributed by atoms with Gasteiger partial charge in [0, 0.05) is 33.2 Å². The summed E-state index contributed by atoms with van der Waals surface area (Å²) in [5.41, 5.74) is 3.29. The number of hydrogen-bond acceptors (Lipinski definition) is 4. The Kier molecular flexibility index (Phi) is 6.80. The van der Waals surface area contributed by atoms with Crippen molar-refractivity contribution in [3.8, 4) is 34.0 Å². The molecule has 5 rings (SSSR count). The predicted molar refractivity (Wildman–Crippen MR) is 148 cm³/mol. The van der Waals surface area contributed by atoms with Crippen molar-refractivity contribution in [2.45, 2.75) is 31.9 Å². The molecular weight excluding hydrogens is 531 g/mol. The van der Waals surface area contributed by atoms with Crippen LogP contribution in [-0.2, 0) is 0 Å². The van der Waals surface area contributed by atoms with Crippen LogP contribution in [0, 0.1) is 0 Å². The smallest absolute Gasteiger partial charge is 0.255 e. The maximum atomic E-state index is 13.1. The molecule has 1 amide bonds. The van der Waals surface area contributed by atoms with Crippen molar-refractivity contribution in [1.29, 1.82) is 0 Å². The van der Waals surface area contributed by atoms with Crippen LogP contribution in [0.5, 0.6) is 11.6 Å². The number of halogens is 3. The summed E-state index contributed by atoms with van der Waals surface area (Å²) in [4.78, 5) is 18.1. The first-order valence-corrected chi connectivity index (χ1v) is 12.8. The number of phenols is 1. The van der Waals surface area contributed by atoms with E-state index in [4.69, 9.17) is 44.5 Å². The molecule has 37 heavy (non-hydrogen) atoms. The number of amides is 1. The number of carbonyl (C=O) groups is 1. The highest BCUT2D eigenvalue weighted by Gasteiger charge is 2.37. The van der Waals surface area contributed by atoms with Gasteiger partial charge in [-0.2, -0.15) is 0 Å². The quantitative estimate of drug-likeness (QED) is 0.268. The summed E-state index contributed by atoms with van der Waals surface area (Å²) >= 11 is 18.9. The maximum Gasteiger partial charge on any atom is 0.255 e. The minimum absolute atomic E-state index is 0.0840. The van der Waals surface area contributed by atoms with Crippen LogP contribution in [0.4, 0.5) is 0 Å². The van der Waals surface area contributed by atoms with Crippen LogP contribution in [-0.4, -0.2) is 21.6 Å². The Balaban J connectivity index is 1.67. The number of carbonyl (C=O) groups excluding carboxylic acids is 1. The lowest BCUT2D eigenvalue weighted by molar-refractivity contribution is 0.0572. The molecule has 2 N–H and O–H groups in total. The fourth-order valence-corrected chi connectivity index (χ4v) is 5.14. The SMILES string of the molecule is CC1(C)C[C@@H](NC(=O)c2ccccc2O)c2cc(-c3ccc(Cl)cc3)c(-c3ccc(Cl)cc3Cl)nc2O1. The Morgan fingerprint density at radius 1 is 0.973 bits per heavy atom. The third kappa shape index (κ3) is 5.26. The molecular formula is C29H23Cl3N2O3. The van der Waals surface area contributed by atoms with Crippen LogP contribution in [0.3, 0.4) is 0 Å². The van der Waals surface area contributed by atoms with E-state index in [2.05, 4.69) is 5.32 Å². The fraction of sp³-hybridized carbons (Fsp3) is 0.172. The zero-order valence-electron chi connectivity index (χ0n) is 20.1. The van der Waals surface area contributed by atoms with Crippen molar-refractivity contribution >= 4 is 40.7 Å². The first kappa shape index (κ1) is 25.4. The Hall–Kier alpha value is -3.25. The van der Waals surface area contributed by atoms with Gasteiger partial charge in [0.15, 0.2) is 0 Å². The highest BCUT2D eigenvalue weighted by molar-refractivity contribution is 6.36. The van der Waals surface area contributed by atoms with Gasteiger partial charge in [0.2, 0.25) is 5.88 Å². The van der Waals surface area contributed by atoms with Gasteiger partial charge in [-0.15, -0.1) is 0 Å². The summed E-state index contributed by atoms with van der Waals surface area (Å²) in [6.07, 6.45) is 0.502. The molecule has 188 valence electrons. The van der Waals surface area contributed by atoms with Crippen LogP contribution in [0.2, 0.25) is 15.1 Å². The van der Waals surface area contributed by atoms with Gasteiger partial charge >= 0.3 is 0 Å². The van der Waals surface area contributed by atoms with Gasteiger partial charge in [-0.25, -0.2) is 4.98 Å². The van der Waals surface area contributed by atoms with E-state index in [0.29, 0.717) is 38.6 Å². The average Bonchev–Trinajstić information content (AvgIpc) is 2.83. The summed E-state index contributed by atoms with van der Waals surface area (Å²) in [5.74, 6) is -0.0681. The predicted octanol–water partition coefficient (Wildman–Crippen LogP) is 8.11. The third-order valence-electron chi connectivity index (χ3n) is 6.25. The van der Waals surface area contributed by atoms with Crippen LogP contribution in [0.25, 0.3) is 22.4 Å². The largest absolute Gasteiger partial charge is 0.507 e. The van der Waals surface area contributed by atoms with Crippen molar-refractivity contribution in [3.05, 3.63) is 99.0 Å². The molecule has 3 aromatic carbocycles. The second-order valence-corrected chi connectivity index (χ2v) is 10.8. The molecule has 1 aliphatic rings. The first-order chi connectivity index (χ1) is 17.6. The molecule has 0 spiro atoms. The number of hydrogen-bond donors (Lipinski definition) is 2. The molecule has 5 nitrogen and oxygen atoms in total. The first-order valence-electron chi connectivity index (χ1n) is 11.7. The molecule has 0 fully saturated rings. The van der Waals surface area contributed by atoms with Gasteiger partial charge in [0.1, 0.15) is 11.4 Å². The molecule has 0 saturated carbocycles. The van der Waals surface area contributed by atoms with Gasteiger partial charge in [-0.3, -0.25) is 4.79 Å². The number of phenolic OH excluding ortho intramolecular Hbond substituents is 1. The molecule has 1 aromatic heterocycles. The van der Waals surface area contributed by atoms with Gasteiger partial charge in [-0.05, 0) is 67.9 Å². The Morgan fingerprint density at radius 3 is 2.38 bits per heavy atom. The summed E-state index contributed by atoms with van der Waals surface area (Å²) in [7, 11) is 0. The van der Waals surface area contributed by atoms with E-state index in [-0.39, 0.29) is 17.2 Å². The van der Waals surface area contributed by atoms with Crippen molar-refractivity contribution in [3.63, 3.8) is 0 Å². The maximum absolute atomic E-state index is 13.1. The molecule has 8 heteroatoms. The van der Waals surface area contributed by atoms with Gasteiger partial charge in [0.25, 0.3) is 5.91 Å². The summed E-state index contributed by atoms with van der Waals surface area (Å²) in [6.45, 7) is 3.89. The number of aromatic nitrogens is 1. The number of para-hydroxylation sites is 1. The molecule has 4 aromatic rings. The number of aromatic hydroxyl groups is 1. The summed E-state index contributed by atoms with van der Waals surface area (Å²) < 4.78 is 6.29. The minimum Gasteiger partial charge on any atom is -0.507 e. The topological polar surface area (TPSA) is 71.5 Å². The minimum atomic E-state index is -0.612. The van der Waals surface area contributed by atoms with E-state index >= 15 is 0 Å². The van der Waals surface area contributed by atoms with E-state index in [0.717, 1.165) is 16.7 Å². The Labute approximate surface area is 230 Å². The number of nitrogens with one attached hydrogen (secondary N) is 1. The van der Waals surface area contributed by atoms with E-state index in [1.54, 1.807) is 42.5 Å². The lowest BCUT2D eigenvalue weighted by atomic mass is 9.88. The van der Waals surface area contributed by atoms with Crippen LogP contribution < -0.4 is 10.1 Å². The lowest BCUT2D eigenvalue weighted by Crippen LogP contribution is -2.41. The van der Waals surface area contributed by atoms with Gasteiger partial charge in [0.05, 0.1) is 22.3 Å². The molecule has 0 saturated heterocycles. The molecule has 0 unspecified atom stereocenters. The highest BCUT2D eigenvalue weighted by Crippen LogP contribution is 2.45. The average molecular weight is 554 g/mol. The molecule has 0 bridgehead atoms. The number of nitrogens with zero attached hydrogens (tertiary/aromatic N) is 1. The zero-order chi connectivity index (χ0) is 26.3. The fourth-order valence-electron chi connectivity index (χ4n) is 4.51. The van der Waals surface area contributed by atoms with Crippen molar-refractivity contribution in [1.82, 2.24) is 10.3 Å². The highest BCUT2D eigenvalue weighted by atomic mass is 35.5. The van der Waals surface area contributed by atoms with E-state index in [1.807, 2.05) is 38.1 Å². The Bertz CT molecular complexity index is 1500. The molecule has 0 aliphatic carbocycles. The summed E-state index contributed by atoms with van der Waals surface area (Å²) in [5, 5.41) is 14.9. The second-order valence-electron chi connectivity index (χ2n) is 9.52. The number of rotatable bonds is 4. The third-order valence-corrected chi connectivity index (χ3v) is 7.05. The molecule has 0 radical (unpaired) electrons. The monoisotopic (exact) mass is 552 g/mol. The van der Waals surface area contributed by atoms with Gasteiger partial charge < -0.3 is 15.2 Å². The normalized spacial score (nSPS) is 16.0. The Morgan fingerprint density at radius 2 is 1.68 bits per heavy atom. The van der Waals surface area contributed by atoms with Crippen molar-refractivity contribution in [2.75, 3.05) is 0 Å². The van der Waals surface area contributed by atoms with E-state index in [9.17, 15) is 9.90 Å². The van der Waals surface area contributed by atoms with E-state index in [1.165, 1.54) is 6.07 Å². The zero-order valence-corrected chi connectivity index (χ0v) is 22.3. The van der Waals surface area contributed by atoms with Crippen LogP contribution >= 0.6 is 34.8 Å². The van der Waals surface area contributed by atoms with Crippen LogP contribution in [0.1, 0.15) is 42.2 Å². The van der Waals surface area contributed by atoms with Crippen molar-refractivity contribution < 1.29 is 14.6 Å². The number of pyridine rings is 1. The molecule has 1 aliphatic heterocycles. The molecule has 2 heterocycles. The van der Waals surface area contributed by atoms with Gasteiger partial charge in [-0.1, -0.05) is 59.1 Å². The second kappa shape index (κ2) is 9.90. The number of benzene rings is 3. The van der Waals surface area contributed by atoms with Crippen LogP contribution in [0.15, 0.2) is 72.8 Å². The number of ether oxygens (including phenoxy) is 1. The van der Waals surface area contributed by atoms with Crippen molar-refractivity contribution in [2.24, 2.45) is 0 Å². The summed E-state index contributed by atoms with van der Waals surface area (Å²) in [6, 6.07) is 20.7. The molecule has 1 atom stereocenters. The van der Waals surface area contributed by atoms with E-state index < -0.39 is 11.6 Å². The lowest BCUT2D eigenvalue weighted by Gasteiger charge is -2.37.